The van der Waals surface area contributed by atoms with E-state index in [1.807, 2.05) is 13.8 Å². The van der Waals surface area contributed by atoms with Crippen molar-refractivity contribution in [3.8, 4) is 5.75 Å². The van der Waals surface area contributed by atoms with Gasteiger partial charge in [-0.15, -0.1) is 0 Å². The Balaban J connectivity index is 1.27. The van der Waals surface area contributed by atoms with Crippen LogP contribution < -0.4 is 15.4 Å². The molecular formula is C24H22ClF3N6O4. The van der Waals surface area contributed by atoms with E-state index in [4.69, 9.17) is 20.9 Å². The number of amides is 2. The zero-order valence-electron chi connectivity index (χ0n) is 20.2. The molecule has 200 valence electrons. The summed E-state index contributed by atoms with van der Waals surface area (Å²) in [6.45, 7) is 3.14. The fraction of sp³-hybridized carbons (Fsp3) is 0.292. The number of alkyl halides is 3. The monoisotopic (exact) mass is 550 g/mol. The van der Waals surface area contributed by atoms with Gasteiger partial charge in [0.25, 0.3) is 5.91 Å². The van der Waals surface area contributed by atoms with Crippen molar-refractivity contribution in [3.63, 3.8) is 0 Å². The van der Waals surface area contributed by atoms with Gasteiger partial charge in [-0.3, -0.25) is 9.59 Å². The molecule has 2 aromatic carbocycles. The normalized spacial score (nSPS) is 11.5. The molecule has 4 rings (SSSR count). The number of benzene rings is 2. The van der Waals surface area contributed by atoms with Crippen molar-refractivity contribution in [1.82, 2.24) is 30.3 Å². The number of carbonyl (C=O) groups is 2. The molecule has 0 aliphatic carbocycles. The number of fused-ring (bicyclic) bond motifs is 1. The first kappa shape index (κ1) is 26.9. The zero-order chi connectivity index (χ0) is 27.4. The summed E-state index contributed by atoms with van der Waals surface area (Å²) < 4.78 is 51.7. The van der Waals surface area contributed by atoms with E-state index in [0.717, 1.165) is 15.7 Å². The summed E-state index contributed by atoms with van der Waals surface area (Å²) in [6, 6.07) is 9.55. The first-order valence-electron chi connectivity index (χ1n) is 11.3. The second kappa shape index (κ2) is 11.1. The molecule has 0 radical (unpaired) electrons. The third-order valence-electron chi connectivity index (χ3n) is 5.38. The highest BCUT2D eigenvalue weighted by Crippen LogP contribution is 2.32. The first-order valence-corrected chi connectivity index (χ1v) is 11.7. The van der Waals surface area contributed by atoms with Crippen molar-refractivity contribution in [1.29, 1.82) is 0 Å². The minimum atomic E-state index is -4.70. The molecule has 0 bridgehead atoms. The van der Waals surface area contributed by atoms with Crippen LogP contribution >= 0.6 is 11.6 Å². The molecule has 0 saturated heterocycles. The number of para-hydroxylation sites is 2. The van der Waals surface area contributed by atoms with Gasteiger partial charge in [-0.2, -0.15) is 18.2 Å². The lowest BCUT2D eigenvalue weighted by molar-refractivity contribution is -0.146. The summed E-state index contributed by atoms with van der Waals surface area (Å²) in [6.07, 6.45) is -4.70. The maximum atomic E-state index is 13.5. The molecule has 2 N–H and O–H groups in total. The number of aromatic nitrogens is 4. The molecule has 0 atom stereocenters. The summed E-state index contributed by atoms with van der Waals surface area (Å²) in [7, 11) is 0. The fourth-order valence-electron chi connectivity index (χ4n) is 3.65. The molecule has 10 nitrogen and oxygen atoms in total. The minimum absolute atomic E-state index is 0.0336. The molecule has 0 fully saturated rings. The SMILES string of the molecule is Cc1cc(OCC(=O)NCCNC(=O)c2nc(Cn3c(C(F)(F)F)nc4ccccc43)no2)cc(C)c1Cl. The minimum Gasteiger partial charge on any atom is -0.484 e. The number of imidazole rings is 1. The number of hydrogen-bond acceptors (Lipinski definition) is 7. The summed E-state index contributed by atoms with van der Waals surface area (Å²) in [5.41, 5.74) is 2.05. The molecule has 0 saturated carbocycles. The maximum Gasteiger partial charge on any atom is 0.449 e. The summed E-state index contributed by atoms with van der Waals surface area (Å²) in [5, 5.41) is 9.31. The Labute approximate surface area is 219 Å². The van der Waals surface area contributed by atoms with E-state index in [1.54, 1.807) is 24.3 Å². The van der Waals surface area contributed by atoms with E-state index in [9.17, 15) is 22.8 Å². The molecule has 2 heterocycles. The van der Waals surface area contributed by atoms with Gasteiger partial charge in [-0.25, -0.2) is 4.98 Å². The maximum absolute atomic E-state index is 13.5. The Kier molecular flexibility index (Phi) is 7.86. The predicted octanol–water partition coefficient (Wildman–Crippen LogP) is 3.68. The number of hydrogen-bond donors (Lipinski definition) is 2. The lowest BCUT2D eigenvalue weighted by Gasteiger charge is -2.10. The molecule has 14 heteroatoms. The van der Waals surface area contributed by atoms with Crippen LogP contribution in [0.3, 0.4) is 0 Å². The van der Waals surface area contributed by atoms with Crippen LogP contribution in [0.2, 0.25) is 5.02 Å². The molecule has 0 unspecified atom stereocenters. The average molecular weight is 551 g/mol. The largest absolute Gasteiger partial charge is 0.484 e. The van der Waals surface area contributed by atoms with E-state index in [2.05, 4.69) is 25.8 Å². The number of halogens is 4. The number of aryl methyl sites for hydroxylation is 2. The van der Waals surface area contributed by atoms with Gasteiger partial charge < -0.3 is 24.5 Å². The Morgan fingerprint density at radius 1 is 1.08 bits per heavy atom. The second-order valence-electron chi connectivity index (χ2n) is 8.29. The number of rotatable bonds is 9. The topological polar surface area (TPSA) is 124 Å². The third-order valence-corrected chi connectivity index (χ3v) is 5.98. The van der Waals surface area contributed by atoms with E-state index in [-0.39, 0.29) is 36.6 Å². The van der Waals surface area contributed by atoms with Gasteiger partial charge in [0.05, 0.1) is 17.6 Å². The van der Waals surface area contributed by atoms with Crippen LogP contribution in [0, 0.1) is 13.8 Å². The van der Waals surface area contributed by atoms with Crippen LogP contribution in [0.5, 0.6) is 5.75 Å². The fourth-order valence-corrected chi connectivity index (χ4v) is 3.76. The molecule has 2 aromatic heterocycles. The molecule has 4 aromatic rings. The number of nitrogens with zero attached hydrogens (tertiary/aromatic N) is 4. The van der Waals surface area contributed by atoms with Crippen LogP contribution in [-0.2, 0) is 17.5 Å². The molecule has 0 spiro atoms. The highest BCUT2D eigenvalue weighted by molar-refractivity contribution is 6.32. The van der Waals surface area contributed by atoms with Crippen molar-refractivity contribution in [2.24, 2.45) is 0 Å². The molecular weight excluding hydrogens is 529 g/mol. The van der Waals surface area contributed by atoms with Crippen molar-refractivity contribution in [3.05, 3.63) is 70.1 Å². The Morgan fingerprint density at radius 2 is 1.76 bits per heavy atom. The summed E-state index contributed by atoms with van der Waals surface area (Å²) >= 11 is 6.11. The van der Waals surface area contributed by atoms with Crippen LogP contribution in [0.25, 0.3) is 11.0 Å². The van der Waals surface area contributed by atoms with Crippen molar-refractivity contribution in [2.45, 2.75) is 26.6 Å². The van der Waals surface area contributed by atoms with Gasteiger partial charge in [-0.1, -0.05) is 28.9 Å². The third kappa shape index (κ3) is 6.22. The number of nitrogens with one attached hydrogen (secondary N) is 2. The molecule has 2 amide bonds. The van der Waals surface area contributed by atoms with Gasteiger partial charge in [0.2, 0.25) is 5.82 Å². The van der Waals surface area contributed by atoms with E-state index in [1.165, 1.54) is 12.1 Å². The van der Waals surface area contributed by atoms with Crippen LogP contribution in [0.1, 0.15) is 33.5 Å². The van der Waals surface area contributed by atoms with E-state index in [0.29, 0.717) is 10.8 Å². The Morgan fingerprint density at radius 3 is 2.47 bits per heavy atom. The van der Waals surface area contributed by atoms with Crippen molar-refractivity contribution >= 4 is 34.4 Å². The smallest absolute Gasteiger partial charge is 0.449 e. The van der Waals surface area contributed by atoms with E-state index < -0.39 is 36.3 Å². The van der Waals surface area contributed by atoms with Crippen LogP contribution in [-0.4, -0.2) is 51.2 Å². The number of ether oxygens (including phenoxy) is 1. The molecule has 0 aliphatic heterocycles. The molecule has 38 heavy (non-hydrogen) atoms. The first-order chi connectivity index (χ1) is 18.0. The lowest BCUT2D eigenvalue weighted by atomic mass is 10.1. The second-order valence-corrected chi connectivity index (χ2v) is 8.67. The highest BCUT2D eigenvalue weighted by Gasteiger charge is 2.38. The van der Waals surface area contributed by atoms with Gasteiger partial charge >= 0.3 is 18.0 Å². The zero-order valence-corrected chi connectivity index (χ0v) is 21.0. The van der Waals surface area contributed by atoms with Crippen molar-refractivity contribution in [2.75, 3.05) is 19.7 Å². The van der Waals surface area contributed by atoms with Crippen molar-refractivity contribution < 1.29 is 32.0 Å². The van der Waals surface area contributed by atoms with Crippen LogP contribution in [0.15, 0.2) is 40.9 Å². The van der Waals surface area contributed by atoms with Gasteiger partial charge in [0.1, 0.15) is 5.75 Å². The Hall–Kier alpha value is -4.13. The van der Waals surface area contributed by atoms with Gasteiger partial charge in [-0.05, 0) is 49.2 Å². The lowest BCUT2D eigenvalue weighted by Crippen LogP contribution is -2.36. The quantitative estimate of drug-likeness (QED) is 0.305. The highest BCUT2D eigenvalue weighted by atomic mass is 35.5. The van der Waals surface area contributed by atoms with E-state index >= 15 is 0 Å². The van der Waals surface area contributed by atoms with Gasteiger partial charge in [0.15, 0.2) is 12.4 Å². The number of carbonyl (C=O) groups excluding carboxylic acids is 2. The van der Waals surface area contributed by atoms with Crippen LogP contribution in [0.4, 0.5) is 13.2 Å². The summed E-state index contributed by atoms with van der Waals surface area (Å²) in [5.74, 6) is -2.32. The Bertz CT molecular complexity index is 1460. The predicted molar refractivity (Wildman–Crippen MR) is 130 cm³/mol. The average Bonchev–Trinajstić information content (AvgIpc) is 3.49. The molecule has 0 aliphatic rings. The summed E-state index contributed by atoms with van der Waals surface area (Å²) in [4.78, 5) is 31.8. The standard InChI is InChI=1S/C24H22ClF3N6O4/c1-13-9-15(10-14(2)20(13)25)37-12-19(35)29-7-8-30-21(36)22-32-18(33-38-22)11-34-17-6-4-3-5-16(17)31-23(34)24(26,27)28/h3-6,9-10H,7-8,11-12H2,1-2H3,(H,29,35)(H,30,36). The van der Waals surface area contributed by atoms with Gasteiger partial charge in [0, 0.05) is 18.1 Å².